The maximum absolute atomic E-state index is 12.0. The molecule has 1 atom stereocenters. The zero-order chi connectivity index (χ0) is 26.6. The molecule has 1 N–H and O–H groups in total. The minimum atomic E-state index is -0.294. The maximum atomic E-state index is 12.0. The van der Waals surface area contributed by atoms with E-state index in [-0.39, 0.29) is 16.7 Å². The standard InChI is InChI=1S/C33H34N4O2/c38-37(39)32-18-17-30(24-31(32)34-33(26-10-3-1-4-11-26)27-12-5-2-6-13-27)36-21-19-35(20-22-36)29-16-15-25-9-7-8-14-28(25)23-29/h1-14,17-18,24,29,33-34H,15-16,19-23H2. The largest absolute Gasteiger partial charge is 0.369 e. The van der Waals surface area contributed by atoms with Gasteiger partial charge < -0.3 is 10.2 Å². The highest BCUT2D eigenvalue weighted by Gasteiger charge is 2.28. The molecule has 1 unspecified atom stereocenters. The average molecular weight is 519 g/mol. The number of hydrogen-bond acceptors (Lipinski definition) is 5. The van der Waals surface area contributed by atoms with Crippen LogP contribution in [0.15, 0.2) is 103 Å². The summed E-state index contributed by atoms with van der Waals surface area (Å²) in [5.41, 5.74) is 6.78. The molecule has 0 bridgehead atoms. The van der Waals surface area contributed by atoms with E-state index < -0.39 is 0 Å². The lowest BCUT2D eigenvalue weighted by atomic mass is 9.87. The second kappa shape index (κ2) is 11.3. The van der Waals surface area contributed by atoms with Gasteiger partial charge in [-0.3, -0.25) is 15.0 Å². The predicted octanol–water partition coefficient (Wildman–Crippen LogP) is 6.48. The molecule has 1 saturated heterocycles. The van der Waals surface area contributed by atoms with Gasteiger partial charge in [-0.2, -0.15) is 0 Å². The van der Waals surface area contributed by atoms with Crippen LogP contribution in [0.25, 0.3) is 0 Å². The summed E-state index contributed by atoms with van der Waals surface area (Å²) < 4.78 is 0. The Kier molecular flexibility index (Phi) is 7.28. The summed E-state index contributed by atoms with van der Waals surface area (Å²) in [7, 11) is 0. The van der Waals surface area contributed by atoms with E-state index in [0.29, 0.717) is 11.7 Å². The van der Waals surface area contributed by atoms with Crippen molar-refractivity contribution in [2.75, 3.05) is 36.4 Å². The fraction of sp³-hybridized carbons (Fsp3) is 0.273. The molecule has 6 rings (SSSR count). The molecule has 1 aliphatic carbocycles. The van der Waals surface area contributed by atoms with Gasteiger partial charge in [0.15, 0.2) is 0 Å². The van der Waals surface area contributed by atoms with Crippen molar-refractivity contribution in [1.29, 1.82) is 0 Å². The summed E-state index contributed by atoms with van der Waals surface area (Å²) in [6, 6.07) is 35.0. The van der Waals surface area contributed by atoms with Crippen molar-refractivity contribution in [2.24, 2.45) is 0 Å². The third-order valence-electron chi connectivity index (χ3n) is 8.26. The lowest BCUT2D eigenvalue weighted by Crippen LogP contribution is -2.51. The van der Waals surface area contributed by atoms with Crippen LogP contribution in [-0.4, -0.2) is 42.0 Å². The highest BCUT2D eigenvalue weighted by atomic mass is 16.6. The van der Waals surface area contributed by atoms with Crippen LogP contribution in [0.1, 0.15) is 34.7 Å². The molecule has 1 heterocycles. The molecule has 4 aromatic rings. The van der Waals surface area contributed by atoms with Gasteiger partial charge in [0.1, 0.15) is 5.69 Å². The van der Waals surface area contributed by atoms with Crippen LogP contribution in [0.2, 0.25) is 0 Å². The number of nitro benzene ring substituents is 1. The third kappa shape index (κ3) is 5.52. The van der Waals surface area contributed by atoms with Crippen LogP contribution < -0.4 is 10.2 Å². The van der Waals surface area contributed by atoms with Crippen molar-refractivity contribution in [3.63, 3.8) is 0 Å². The molecule has 6 heteroatoms. The Labute approximate surface area is 230 Å². The van der Waals surface area contributed by atoms with Gasteiger partial charge in [0.25, 0.3) is 5.69 Å². The number of aryl methyl sites for hydroxylation is 1. The van der Waals surface area contributed by atoms with Crippen LogP contribution in [0.3, 0.4) is 0 Å². The number of nitro groups is 1. The predicted molar refractivity (Wildman–Crippen MR) is 157 cm³/mol. The summed E-state index contributed by atoms with van der Waals surface area (Å²) in [5, 5.41) is 15.5. The summed E-state index contributed by atoms with van der Waals surface area (Å²) in [5.74, 6) is 0. The van der Waals surface area contributed by atoms with Crippen molar-refractivity contribution in [1.82, 2.24) is 4.90 Å². The fourth-order valence-electron chi connectivity index (χ4n) is 6.14. The third-order valence-corrected chi connectivity index (χ3v) is 8.26. The Bertz CT molecular complexity index is 1380. The molecule has 0 spiro atoms. The minimum Gasteiger partial charge on any atom is -0.369 e. The van der Waals surface area contributed by atoms with Crippen LogP contribution >= 0.6 is 0 Å². The number of rotatable bonds is 7. The second-order valence-electron chi connectivity index (χ2n) is 10.5. The number of nitrogens with one attached hydrogen (secondary N) is 1. The van der Waals surface area contributed by atoms with Gasteiger partial charge in [0.2, 0.25) is 0 Å². The molecular formula is C33H34N4O2. The summed E-state index contributed by atoms with van der Waals surface area (Å²) in [6.45, 7) is 3.83. The van der Waals surface area contributed by atoms with E-state index in [2.05, 4.69) is 63.6 Å². The molecule has 0 saturated carbocycles. The monoisotopic (exact) mass is 518 g/mol. The van der Waals surface area contributed by atoms with E-state index >= 15 is 0 Å². The van der Waals surface area contributed by atoms with Gasteiger partial charge in [-0.25, -0.2) is 0 Å². The smallest absolute Gasteiger partial charge is 0.292 e. The Balaban J connectivity index is 1.21. The molecule has 4 aromatic carbocycles. The van der Waals surface area contributed by atoms with Crippen molar-refractivity contribution < 1.29 is 4.92 Å². The van der Waals surface area contributed by atoms with Crippen LogP contribution in [0.5, 0.6) is 0 Å². The quantitative estimate of drug-likeness (QED) is 0.224. The first-order valence-electron chi connectivity index (χ1n) is 13.9. The zero-order valence-corrected chi connectivity index (χ0v) is 22.1. The highest BCUT2D eigenvalue weighted by molar-refractivity contribution is 5.70. The number of benzene rings is 4. The van der Waals surface area contributed by atoms with Gasteiger partial charge in [-0.05, 0) is 53.6 Å². The summed E-state index contributed by atoms with van der Waals surface area (Å²) >= 11 is 0. The van der Waals surface area contributed by atoms with E-state index in [9.17, 15) is 10.1 Å². The Morgan fingerprint density at radius 2 is 1.38 bits per heavy atom. The number of fused-ring (bicyclic) bond motifs is 1. The number of nitrogens with zero attached hydrogens (tertiary/aromatic N) is 3. The van der Waals surface area contributed by atoms with Gasteiger partial charge in [-0.15, -0.1) is 0 Å². The van der Waals surface area contributed by atoms with E-state index in [4.69, 9.17) is 0 Å². The van der Waals surface area contributed by atoms with Crippen LogP contribution in [0.4, 0.5) is 17.1 Å². The highest BCUT2D eigenvalue weighted by Crippen LogP contribution is 2.35. The molecule has 0 aromatic heterocycles. The van der Waals surface area contributed by atoms with E-state index in [1.54, 1.807) is 6.07 Å². The first kappa shape index (κ1) is 25.1. The van der Waals surface area contributed by atoms with Gasteiger partial charge in [0, 0.05) is 44.0 Å². The lowest BCUT2D eigenvalue weighted by molar-refractivity contribution is -0.384. The molecule has 2 aliphatic rings. The molecule has 0 radical (unpaired) electrons. The second-order valence-corrected chi connectivity index (χ2v) is 10.5. The van der Waals surface area contributed by atoms with Crippen molar-refractivity contribution >= 4 is 17.1 Å². The molecule has 0 amide bonds. The Morgan fingerprint density at radius 1 is 0.769 bits per heavy atom. The molecule has 6 nitrogen and oxygen atoms in total. The average Bonchev–Trinajstić information content (AvgIpc) is 3.00. The Morgan fingerprint density at radius 3 is 2.03 bits per heavy atom. The van der Waals surface area contributed by atoms with Crippen LogP contribution in [0, 0.1) is 10.1 Å². The maximum Gasteiger partial charge on any atom is 0.292 e. The normalized spacial score (nSPS) is 17.6. The minimum absolute atomic E-state index is 0.0927. The number of piperazine rings is 1. The summed E-state index contributed by atoms with van der Waals surface area (Å²) in [6.07, 6.45) is 3.49. The topological polar surface area (TPSA) is 61.7 Å². The Hall–Kier alpha value is -4.16. The molecule has 1 aliphatic heterocycles. The van der Waals surface area contributed by atoms with E-state index in [1.165, 1.54) is 17.5 Å². The van der Waals surface area contributed by atoms with Crippen molar-refractivity contribution in [3.8, 4) is 0 Å². The lowest BCUT2D eigenvalue weighted by Gasteiger charge is -2.42. The van der Waals surface area contributed by atoms with E-state index in [0.717, 1.165) is 55.8 Å². The summed E-state index contributed by atoms with van der Waals surface area (Å²) in [4.78, 5) is 16.7. The van der Waals surface area contributed by atoms with Crippen molar-refractivity contribution in [3.05, 3.63) is 135 Å². The molecule has 1 fully saturated rings. The number of hydrogen-bond donors (Lipinski definition) is 1. The first-order chi connectivity index (χ1) is 19.2. The van der Waals surface area contributed by atoms with Gasteiger partial charge >= 0.3 is 0 Å². The number of anilines is 2. The fourth-order valence-corrected chi connectivity index (χ4v) is 6.14. The first-order valence-corrected chi connectivity index (χ1v) is 13.9. The van der Waals surface area contributed by atoms with E-state index in [1.807, 2.05) is 48.5 Å². The van der Waals surface area contributed by atoms with Gasteiger partial charge in [0.05, 0.1) is 11.0 Å². The molecule has 39 heavy (non-hydrogen) atoms. The molecular weight excluding hydrogens is 484 g/mol. The van der Waals surface area contributed by atoms with Gasteiger partial charge in [-0.1, -0.05) is 84.9 Å². The SMILES string of the molecule is O=[N+]([O-])c1ccc(N2CCN(C3CCc4ccccc4C3)CC2)cc1NC(c1ccccc1)c1ccccc1. The molecule has 198 valence electrons. The zero-order valence-electron chi connectivity index (χ0n) is 22.1. The van der Waals surface area contributed by atoms with Crippen molar-refractivity contribution in [2.45, 2.75) is 31.3 Å². The van der Waals surface area contributed by atoms with Crippen LogP contribution in [-0.2, 0) is 12.8 Å².